The average Bonchev–Trinajstić information content (AvgIpc) is 3.51. The summed E-state index contributed by atoms with van der Waals surface area (Å²) in [6, 6.07) is 5.95. The summed E-state index contributed by atoms with van der Waals surface area (Å²) in [5.74, 6) is 0.260. The molecule has 0 aromatic carbocycles. The van der Waals surface area contributed by atoms with Crippen LogP contribution in [0.4, 0.5) is 10.6 Å². The van der Waals surface area contributed by atoms with Crippen LogP contribution in [0.1, 0.15) is 61.8 Å². The van der Waals surface area contributed by atoms with E-state index in [0.717, 1.165) is 65.3 Å². The quantitative estimate of drug-likeness (QED) is 0.449. The number of aromatic nitrogens is 2. The molecule has 9 heteroatoms. The highest BCUT2D eigenvalue weighted by atomic mass is 16.6. The molecule has 5 heterocycles. The number of rotatable bonds is 5. The summed E-state index contributed by atoms with van der Waals surface area (Å²) in [5.41, 5.74) is 6.31. The molecule has 0 bridgehead atoms. The molecule has 1 amide bonds. The predicted molar refractivity (Wildman–Crippen MR) is 157 cm³/mol. The van der Waals surface area contributed by atoms with Gasteiger partial charge in [0.1, 0.15) is 11.4 Å². The first kappa shape index (κ1) is 27.7. The summed E-state index contributed by atoms with van der Waals surface area (Å²) < 4.78 is 13.4. The summed E-state index contributed by atoms with van der Waals surface area (Å²) in [6.45, 7) is 19.6. The van der Waals surface area contributed by atoms with E-state index >= 15 is 0 Å². The maximum Gasteiger partial charge on any atom is 0.416 e. The fourth-order valence-corrected chi connectivity index (χ4v) is 5.53. The van der Waals surface area contributed by atoms with E-state index in [-0.39, 0.29) is 12.1 Å². The highest BCUT2D eigenvalue weighted by molar-refractivity contribution is 5.98. The van der Waals surface area contributed by atoms with Gasteiger partial charge in [-0.3, -0.25) is 4.90 Å². The molecule has 3 aromatic heterocycles. The van der Waals surface area contributed by atoms with Crippen LogP contribution in [0.25, 0.3) is 22.3 Å². The third-order valence-corrected chi connectivity index (χ3v) is 7.32. The van der Waals surface area contributed by atoms with Gasteiger partial charge in [0.25, 0.3) is 0 Å². The first-order valence-electron chi connectivity index (χ1n) is 14.0. The Morgan fingerprint density at radius 2 is 1.82 bits per heavy atom. The molecule has 5 rings (SSSR count). The molecule has 9 nitrogen and oxygen atoms in total. The largest absolute Gasteiger partial charge is 0.459 e. The summed E-state index contributed by atoms with van der Waals surface area (Å²) in [6.07, 6.45) is 3.77. The van der Waals surface area contributed by atoms with Gasteiger partial charge < -0.3 is 24.1 Å². The van der Waals surface area contributed by atoms with E-state index in [1.54, 1.807) is 11.1 Å². The van der Waals surface area contributed by atoms with E-state index in [1.807, 2.05) is 59.9 Å². The van der Waals surface area contributed by atoms with Gasteiger partial charge in [-0.2, -0.15) is 0 Å². The van der Waals surface area contributed by atoms with E-state index < -0.39 is 11.7 Å². The number of fused-ring (bicyclic) bond motifs is 2. The Bertz CT molecular complexity index is 1480. The molecule has 1 fully saturated rings. The molecule has 0 atom stereocenters. The standard InChI is InChI=1S/C31H39N5O4/c1-19(2)39-29(37)25-18-26-23(9-14-35(26)27(20(25)3)21(4)34-16-12-32-13-17-34)22-8-11-33-28-24(22)10-15-36(28)30(38)40-31(5,6)7/h8-9,11,14,18-19,32H,4,10,12-13,15-17H2,1-3,5-7H3. The molecule has 40 heavy (non-hydrogen) atoms. The first-order valence-corrected chi connectivity index (χ1v) is 14.0. The smallest absolute Gasteiger partial charge is 0.416 e. The number of anilines is 1. The number of piperazine rings is 1. The number of amides is 1. The maximum absolute atomic E-state index is 13.3. The predicted octanol–water partition coefficient (Wildman–Crippen LogP) is 5.05. The second-order valence-corrected chi connectivity index (χ2v) is 11.7. The number of carbonyl (C=O) groups is 2. The van der Waals surface area contributed by atoms with E-state index in [0.29, 0.717) is 24.3 Å². The van der Waals surface area contributed by atoms with E-state index in [2.05, 4.69) is 32.2 Å². The van der Waals surface area contributed by atoms with Gasteiger partial charge in [0.05, 0.1) is 28.6 Å². The fraction of sp³-hybridized carbons (Fsp3) is 0.452. The second-order valence-electron chi connectivity index (χ2n) is 11.7. The van der Waals surface area contributed by atoms with Gasteiger partial charge in [-0.25, -0.2) is 14.6 Å². The SMILES string of the molecule is C=C(c1c(C)c(C(=O)OC(C)C)cc2c(-c3ccnc4c3CCN4C(=O)OC(C)(C)C)ccn12)N1CCNCC1. The topological polar surface area (TPSA) is 88.4 Å². The summed E-state index contributed by atoms with van der Waals surface area (Å²) in [5, 5.41) is 3.39. The second kappa shape index (κ2) is 10.6. The molecule has 1 saturated heterocycles. The first-order chi connectivity index (χ1) is 19.0. The van der Waals surface area contributed by atoms with Crippen LogP contribution in [0.3, 0.4) is 0 Å². The Kier molecular flexibility index (Phi) is 7.35. The zero-order valence-corrected chi connectivity index (χ0v) is 24.3. The lowest BCUT2D eigenvalue weighted by Gasteiger charge is -2.32. The highest BCUT2D eigenvalue weighted by Gasteiger charge is 2.32. The Morgan fingerprint density at radius 1 is 1.10 bits per heavy atom. The molecular formula is C31H39N5O4. The van der Waals surface area contributed by atoms with Crippen molar-refractivity contribution in [3.8, 4) is 11.1 Å². The third-order valence-electron chi connectivity index (χ3n) is 7.32. The number of nitrogens with zero attached hydrogens (tertiary/aromatic N) is 4. The van der Waals surface area contributed by atoms with Gasteiger partial charge in [0.2, 0.25) is 0 Å². The number of nitrogens with one attached hydrogen (secondary N) is 1. The molecule has 2 aliphatic rings. The summed E-state index contributed by atoms with van der Waals surface area (Å²) in [4.78, 5) is 34.7. The number of esters is 1. The zero-order valence-electron chi connectivity index (χ0n) is 24.3. The van der Waals surface area contributed by atoms with Crippen molar-refractivity contribution in [3.05, 3.63) is 59.6 Å². The molecule has 1 N–H and O–H groups in total. The summed E-state index contributed by atoms with van der Waals surface area (Å²) in [7, 11) is 0. The lowest BCUT2D eigenvalue weighted by Crippen LogP contribution is -2.42. The van der Waals surface area contributed by atoms with Crippen molar-refractivity contribution in [1.82, 2.24) is 19.6 Å². The van der Waals surface area contributed by atoms with Crippen molar-refractivity contribution in [2.75, 3.05) is 37.6 Å². The van der Waals surface area contributed by atoms with Crippen LogP contribution in [0.2, 0.25) is 0 Å². The van der Waals surface area contributed by atoms with Gasteiger partial charge in [-0.05, 0) is 77.3 Å². The minimum absolute atomic E-state index is 0.239. The van der Waals surface area contributed by atoms with Crippen molar-refractivity contribution >= 4 is 29.1 Å². The highest BCUT2D eigenvalue weighted by Crippen LogP contribution is 2.39. The number of pyridine rings is 2. The normalized spacial score (nSPS) is 15.5. The average molecular weight is 546 g/mol. The fourth-order valence-electron chi connectivity index (χ4n) is 5.53. The van der Waals surface area contributed by atoms with Gasteiger partial charge >= 0.3 is 12.1 Å². The Labute approximate surface area is 235 Å². The van der Waals surface area contributed by atoms with Crippen LogP contribution in [0.15, 0.2) is 37.2 Å². The molecule has 3 aromatic rings. The summed E-state index contributed by atoms with van der Waals surface area (Å²) >= 11 is 0. The lowest BCUT2D eigenvalue weighted by molar-refractivity contribution is 0.0376. The maximum atomic E-state index is 13.3. The Hall–Kier alpha value is -3.85. The van der Waals surface area contributed by atoms with Crippen LogP contribution in [-0.2, 0) is 15.9 Å². The number of hydrogen-bond donors (Lipinski definition) is 1. The van der Waals surface area contributed by atoms with Crippen molar-refractivity contribution in [2.45, 2.75) is 59.7 Å². The van der Waals surface area contributed by atoms with E-state index in [1.165, 1.54) is 0 Å². The van der Waals surface area contributed by atoms with Crippen LogP contribution < -0.4 is 10.2 Å². The van der Waals surface area contributed by atoms with Crippen molar-refractivity contribution in [3.63, 3.8) is 0 Å². The van der Waals surface area contributed by atoms with Crippen molar-refractivity contribution < 1.29 is 19.1 Å². The van der Waals surface area contributed by atoms with Crippen molar-refractivity contribution in [2.24, 2.45) is 0 Å². The molecule has 0 saturated carbocycles. The monoisotopic (exact) mass is 545 g/mol. The molecule has 212 valence electrons. The molecule has 2 aliphatic heterocycles. The number of hydrogen-bond acceptors (Lipinski definition) is 7. The van der Waals surface area contributed by atoms with E-state index in [9.17, 15) is 9.59 Å². The molecule has 0 unspecified atom stereocenters. The molecule has 0 aliphatic carbocycles. The van der Waals surface area contributed by atoms with Gasteiger partial charge in [-0.1, -0.05) is 6.58 Å². The Morgan fingerprint density at radius 3 is 2.50 bits per heavy atom. The zero-order chi connectivity index (χ0) is 28.8. The lowest BCUT2D eigenvalue weighted by atomic mass is 9.98. The van der Waals surface area contributed by atoms with Crippen molar-refractivity contribution in [1.29, 1.82) is 0 Å². The van der Waals surface area contributed by atoms with Crippen LogP contribution in [-0.4, -0.2) is 70.8 Å². The molecule has 0 radical (unpaired) electrons. The number of ether oxygens (including phenoxy) is 2. The van der Waals surface area contributed by atoms with Gasteiger partial charge in [0, 0.05) is 56.2 Å². The van der Waals surface area contributed by atoms with Gasteiger partial charge in [0.15, 0.2) is 0 Å². The van der Waals surface area contributed by atoms with E-state index in [4.69, 9.17) is 9.47 Å². The minimum Gasteiger partial charge on any atom is -0.459 e. The minimum atomic E-state index is -0.599. The van der Waals surface area contributed by atoms with Crippen LogP contribution in [0, 0.1) is 6.92 Å². The Balaban J connectivity index is 1.65. The molecular weight excluding hydrogens is 506 g/mol. The van der Waals surface area contributed by atoms with Crippen LogP contribution >= 0.6 is 0 Å². The number of carbonyl (C=O) groups excluding carboxylic acids is 2. The van der Waals surface area contributed by atoms with Gasteiger partial charge in [-0.15, -0.1) is 0 Å². The third kappa shape index (κ3) is 5.18. The molecule has 0 spiro atoms. The van der Waals surface area contributed by atoms with Crippen LogP contribution in [0.5, 0.6) is 0 Å².